The second-order valence-corrected chi connectivity index (χ2v) is 4.17. The van der Waals surface area contributed by atoms with Crippen molar-refractivity contribution in [2.75, 3.05) is 18.0 Å². The summed E-state index contributed by atoms with van der Waals surface area (Å²) in [7, 11) is 0. The predicted octanol–water partition coefficient (Wildman–Crippen LogP) is 1.83. The molecule has 1 rings (SSSR count). The molecule has 0 fully saturated rings. The van der Waals surface area contributed by atoms with Crippen LogP contribution in [-0.2, 0) is 4.79 Å². The van der Waals surface area contributed by atoms with Gasteiger partial charge in [-0.05, 0) is 12.5 Å². The van der Waals surface area contributed by atoms with Gasteiger partial charge in [0, 0.05) is 18.3 Å². The van der Waals surface area contributed by atoms with E-state index in [4.69, 9.17) is 5.73 Å². The molecule has 1 aromatic rings. The van der Waals surface area contributed by atoms with E-state index in [2.05, 4.69) is 0 Å². The highest BCUT2D eigenvalue weighted by molar-refractivity contribution is 5.79. The first-order valence-electron chi connectivity index (χ1n) is 5.92. The Kier molecular flexibility index (Phi) is 5.23. The quantitative estimate of drug-likeness (QED) is 0.604. The van der Waals surface area contributed by atoms with Gasteiger partial charge in [0.15, 0.2) is 0 Å². The second kappa shape index (κ2) is 6.67. The molecule has 0 saturated heterocycles. The van der Waals surface area contributed by atoms with Crippen molar-refractivity contribution in [1.29, 1.82) is 0 Å². The first-order chi connectivity index (χ1) is 8.93. The van der Waals surface area contributed by atoms with Gasteiger partial charge in [-0.15, -0.1) is 0 Å². The molecular formula is C12H16FN3O3. The molecule has 1 aromatic carbocycles. The third-order valence-corrected chi connectivity index (χ3v) is 2.57. The maximum absolute atomic E-state index is 13.4. The summed E-state index contributed by atoms with van der Waals surface area (Å²) in [5, 5.41) is 10.7. The topological polar surface area (TPSA) is 89.5 Å². The third kappa shape index (κ3) is 4.53. The molecule has 0 radical (unpaired) electrons. The maximum Gasteiger partial charge on any atom is 0.274 e. The number of halogens is 1. The van der Waals surface area contributed by atoms with Crippen LogP contribution in [0.3, 0.4) is 0 Å². The van der Waals surface area contributed by atoms with Crippen LogP contribution in [0.25, 0.3) is 0 Å². The van der Waals surface area contributed by atoms with E-state index in [1.807, 2.05) is 6.92 Å². The molecule has 1 amide bonds. The summed E-state index contributed by atoms with van der Waals surface area (Å²) in [6.07, 6.45) is 1.66. The number of benzene rings is 1. The number of carbonyl (C=O) groups is 1. The lowest BCUT2D eigenvalue weighted by molar-refractivity contribution is -0.385. The number of amides is 1. The number of carbonyl (C=O) groups excluding carboxylic acids is 1. The molecule has 19 heavy (non-hydrogen) atoms. The van der Waals surface area contributed by atoms with Crippen molar-refractivity contribution in [2.45, 2.75) is 19.8 Å². The Bertz CT molecular complexity index is 479. The Labute approximate surface area is 110 Å². The monoisotopic (exact) mass is 269 g/mol. The SMILES string of the molecule is CCCCN(CC(N)=O)c1cc(F)cc([N+](=O)[O-])c1. The van der Waals surface area contributed by atoms with Gasteiger partial charge in [0.1, 0.15) is 5.82 Å². The summed E-state index contributed by atoms with van der Waals surface area (Å²) in [6.45, 7) is 2.36. The summed E-state index contributed by atoms with van der Waals surface area (Å²) in [6, 6.07) is 3.24. The number of rotatable bonds is 7. The Hall–Kier alpha value is -2.18. The largest absolute Gasteiger partial charge is 0.368 e. The molecule has 0 bridgehead atoms. The third-order valence-electron chi connectivity index (χ3n) is 2.57. The van der Waals surface area contributed by atoms with E-state index < -0.39 is 16.6 Å². The molecule has 104 valence electrons. The van der Waals surface area contributed by atoms with Gasteiger partial charge < -0.3 is 10.6 Å². The van der Waals surface area contributed by atoms with E-state index in [9.17, 15) is 19.3 Å². The van der Waals surface area contributed by atoms with Gasteiger partial charge in [-0.2, -0.15) is 0 Å². The first-order valence-corrected chi connectivity index (χ1v) is 5.92. The highest BCUT2D eigenvalue weighted by Crippen LogP contribution is 2.23. The van der Waals surface area contributed by atoms with E-state index in [-0.39, 0.29) is 12.2 Å². The molecule has 0 unspecified atom stereocenters. The van der Waals surface area contributed by atoms with Gasteiger partial charge in [-0.1, -0.05) is 13.3 Å². The zero-order valence-corrected chi connectivity index (χ0v) is 10.6. The first kappa shape index (κ1) is 14.9. The molecule has 0 aliphatic carbocycles. The Morgan fingerprint density at radius 2 is 2.16 bits per heavy atom. The number of unbranched alkanes of at least 4 members (excludes halogenated alkanes) is 1. The standard InChI is InChI=1S/C12H16FN3O3/c1-2-3-4-15(8-12(14)17)10-5-9(13)6-11(7-10)16(18)19/h5-7H,2-4,8H2,1H3,(H2,14,17). The van der Waals surface area contributed by atoms with Crippen LogP contribution in [0, 0.1) is 15.9 Å². The minimum absolute atomic E-state index is 0.0966. The Balaban J connectivity index is 3.05. The molecular weight excluding hydrogens is 253 g/mol. The van der Waals surface area contributed by atoms with Gasteiger partial charge in [-0.25, -0.2) is 4.39 Å². The summed E-state index contributed by atoms with van der Waals surface area (Å²) >= 11 is 0. The maximum atomic E-state index is 13.4. The Morgan fingerprint density at radius 1 is 1.47 bits per heavy atom. The lowest BCUT2D eigenvalue weighted by Crippen LogP contribution is -2.34. The van der Waals surface area contributed by atoms with Gasteiger partial charge in [0.05, 0.1) is 17.5 Å². The van der Waals surface area contributed by atoms with Crippen molar-refractivity contribution in [2.24, 2.45) is 5.73 Å². The number of primary amides is 1. The van der Waals surface area contributed by atoms with Crippen molar-refractivity contribution in [3.8, 4) is 0 Å². The van der Waals surface area contributed by atoms with E-state index in [1.54, 1.807) is 4.90 Å². The fourth-order valence-electron chi connectivity index (χ4n) is 1.68. The molecule has 0 aliphatic rings. The van der Waals surface area contributed by atoms with Gasteiger partial charge in [-0.3, -0.25) is 14.9 Å². The fourth-order valence-corrected chi connectivity index (χ4v) is 1.68. The highest BCUT2D eigenvalue weighted by atomic mass is 19.1. The highest BCUT2D eigenvalue weighted by Gasteiger charge is 2.15. The number of non-ortho nitro benzene ring substituents is 1. The van der Waals surface area contributed by atoms with Crippen molar-refractivity contribution < 1.29 is 14.1 Å². The molecule has 0 atom stereocenters. The smallest absolute Gasteiger partial charge is 0.274 e. The van der Waals surface area contributed by atoms with Crippen LogP contribution in [0.15, 0.2) is 18.2 Å². The van der Waals surface area contributed by atoms with Crippen LogP contribution in [0.5, 0.6) is 0 Å². The number of hydrogen-bond acceptors (Lipinski definition) is 4. The lowest BCUT2D eigenvalue weighted by Gasteiger charge is -2.23. The molecule has 0 saturated carbocycles. The summed E-state index contributed by atoms with van der Waals surface area (Å²) in [5.74, 6) is -1.28. The number of nitro benzene ring substituents is 1. The minimum atomic E-state index is -0.713. The van der Waals surface area contributed by atoms with Crippen LogP contribution < -0.4 is 10.6 Å². The number of hydrogen-bond donors (Lipinski definition) is 1. The van der Waals surface area contributed by atoms with E-state index in [1.165, 1.54) is 6.07 Å². The van der Waals surface area contributed by atoms with Crippen molar-refractivity contribution >= 4 is 17.3 Å². The molecule has 6 nitrogen and oxygen atoms in total. The summed E-state index contributed by atoms with van der Waals surface area (Å²) in [5.41, 5.74) is 5.07. The van der Waals surface area contributed by atoms with E-state index in [0.717, 1.165) is 25.0 Å². The number of anilines is 1. The van der Waals surface area contributed by atoms with E-state index in [0.29, 0.717) is 12.2 Å². The van der Waals surface area contributed by atoms with Crippen LogP contribution in [-0.4, -0.2) is 23.9 Å². The van der Waals surface area contributed by atoms with Crippen molar-refractivity contribution in [1.82, 2.24) is 0 Å². The normalized spacial score (nSPS) is 10.2. The van der Waals surface area contributed by atoms with Gasteiger partial charge >= 0.3 is 0 Å². The van der Waals surface area contributed by atoms with Crippen LogP contribution >= 0.6 is 0 Å². The number of nitrogens with zero attached hydrogens (tertiary/aromatic N) is 2. The van der Waals surface area contributed by atoms with Gasteiger partial charge in [0.25, 0.3) is 5.69 Å². The Morgan fingerprint density at radius 3 is 2.68 bits per heavy atom. The van der Waals surface area contributed by atoms with E-state index >= 15 is 0 Å². The molecule has 0 spiro atoms. The number of nitrogens with two attached hydrogens (primary N) is 1. The lowest BCUT2D eigenvalue weighted by atomic mass is 10.2. The average Bonchev–Trinajstić information content (AvgIpc) is 2.33. The van der Waals surface area contributed by atoms with Crippen molar-refractivity contribution in [3.05, 3.63) is 34.1 Å². The minimum Gasteiger partial charge on any atom is -0.368 e. The molecule has 0 aliphatic heterocycles. The summed E-state index contributed by atoms with van der Waals surface area (Å²) in [4.78, 5) is 22.6. The zero-order chi connectivity index (χ0) is 14.4. The number of nitro groups is 1. The van der Waals surface area contributed by atoms with Crippen LogP contribution in [0.1, 0.15) is 19.8 Å². The average molecular weight is 269 g/mol. The molecule has 0 aromatic heterocycles. The fraction of sp³-hybridized carbons (Fsp3) is 0.417. The van der Waals surface area contributed by atoms with Crippen LogP contribution in [0.4, 0.5) is 15.8 Å². The van der Waals surface area contributed by atoms with Crippen molar-refractivity contribution in [3.63, 3.8) is 0 Å². The molecule has 7 heteroatoms. The summed E-state index contributed by atoms with van der Waals surface area (Å²) < 4.78 is 13.4. The molecule has 0 heterocycles. The molecule has 2 N–H and O–H groups in total. The van der Waals surface area contributed by atoms with Gasteiger partial charge in [0.2, 0.25) is 5.91 Å². The zero-order valence-electron chi connectivity index (χ0n) is 10.6. The van der Waals surface area contributed by atoms with Crippen LogP contribution in [0.2, 0.25) is 0 Å². The second-order valence-electron chi connectivity index (χ2n) is 4.17. The predicted molar refractivity (Wildman–Crippen MR) is 69.4 cm³/mol.